The monoisotopic (exact) mass is 406 g/mol. The second-order valence-corrected chi connectivity index (χ2v) is 8.03. The van der Waals surface area contributed by atoms with Gasteiger partial charge in [0.15, 0.2) is 27.9 Å². The van der Waals surface area contributed by atoms with Crippen molar-refractivity contribution in [3.8, 4) is 11.5 Å². The van der Waals surface area contributed by atoms with E-state index in [0.717, 1.165) is 5.56 Å². The lowest BCUT2D eigenvalue weighted by Crippen LogP contribution is -2.44. The maximum Gasteiger partial charge on any atom is 0.276 e. The van der Waals surface area contributed by atoms with Crippen molar-refractivity contribution >= 4 is 21.7 Å². The van der Waals surface area contributed by atoms with Crippen LogP contribution in [0.4, 0.5) is 0 Å². The molecule has 2 aromatic carbocycles. The van der Waals surface area contributed by atoms with Gasteiger partial charge in [-0.1, -0.05) is 29.8 Å². The summed E-state index contributed by atoms with van der Waals surface area (Å²) in [6.07, 6.45) is -0.288. The Balaban J connectivity index is 1.75. The number of ether oxygens (including phenoxy) is 2. The SMILES string of the molecule is COc1ccccc1OCC(=O)NNC(=O)CCS(=O)(=O)c1ccc(C)cc1. The predicted molar refractivity (Wildman–Crippen MR) is 103 cm³/mol. The molecule has 2 aromatic rings. The number of aryl methyl sites for hydroxylation is 1. The Morgan fingerprint density at radius 1 is 0.929 bits per heavy atom. The van der Waals surface area contributed by atoms with Crippen molar-refractivity contribution in [1.29, 1.82) is 0 Å². The highest BCUT2D eigenvalue weighted by molar-refractivity contribution is 7.91. The molecule has 0 aliphatic heterocycles. The number of hydrogen-bond donors (Lipinski definition) is 2. The average Bonchev–Trinajstić information content (AvgIpc) is 2.69. The number of hydrazine groups is 1. The van der Waals surface area contributed by atoms with Gasteiger partial charge in [-0.3, -0.25) is 20.4 Å². The van der Waals surface area contributed by atoms with E-state index in [0.29, 0.717) is 11.5 Å². The minimum Gasteiger partial charge on any atom is -0.493 e. The number of benzene rings is 2. The lowest BCUT2D eigenvalue weighted by molar-refractivity contribution is -0.129. The number of carbonyl (C=O) groups excluding carboxylic acids is 2. The first kappa shape index (κ1) is 21.2. The highest BCUT2D eigenvalue weighted by Crippen LogP contribution is 2.25. The summed E-state index contributed by atoms with van der Waals surface area (Å²) >= 11 is 0. The van der Waals surface area contributed by atoms with Crippen LogP contribution in [0.1, 0.15) is 12.0 Å². The number of hydrogen-bond acceptors (Lipinski definition) is 6. The third-order valence-corrected chi connectivity index (χ3v) is 5.48. The third kappa shape index (κ3) is 6.27. The summed E-state index contributed by atoms with van der Waals surface area (Å²) in [5.74, 6) is -0.728. The van der Waals surface area contributed by atoms with Gasteiger partial charge in [-0.15, -0.1) is 0 Å². The number of rotatable bonds is 8. The van der Waals surface area contributed by atoms with Gasteiger partial charge in [-0.25, -0.2) is 8.42 Å². The van der Waals surface area contributed by atoms with Gasteiger partial charge in [0.25, 0.3) is 5.91 Å². The van der Waals surface area contributed by atoms with E-state index in [1.54, 1.807) is 36.4 Å². The largest absolute Gasteiger partial charge is 0.493 e. The maximum atomic E-state index is 12.2. The van der Waals surface area contributed by atoms with Crippen LogP contribution in [0, 0.1) is 6.92 Å². The predicted octanol–water partition coefficient (Wildman–Crippen LogP) is 1.39. The smallest absolute Gasteiger partial charge is 0.276 e. The van der Waals surface area contributed by atoms with Gasteiger partial charge in [0, 0.05) is 6.42 Å². The Morgan fingerprint density at radius 3 is 2.18 bits per heavy atom. The summed E-state index contributed by atoms with van der Waals surface area (Å²) in [6.45, 7) is 1.51. The average molecular weight is 406 g/mol. The van der Waals surface area contributed by atoms with Crippen molar-refractivity contribution in [3.05, 3.63) is 54.1 Å². The first-order chi connectivity index (χ1) is 13.3. The molecule has 0 aliphatic rings. The van der Waals surface area contributed by atoms with E-state index in [4.69, 9.17) is 9.47 Å². The Bertz CT molecular complexity index is 926. The van der Waals surface area contributed by atoms with Crippen LogP contribution in [-0.4, -0.2) is 39.7 Å². The Hall–Kier alpha value is -3.07. The highest BCUT2D eigenvalue weighted by atomic mass is 32.2. The summed E-state index contributed by atoms with van der Waals surface area (Å²) in [7, 11) is -2.10. The van der Waals surface area contributed by atoms with Gasteiger partial charge in [-0.05, 0) is 31.2 Å². The van der Waals surface area contributed by atoms with Gasteiger partial charge in [-0.2, -0.15) is 0 Å². The normalized spacial score (nSPS) is 10.8. The van der Waals surface area contributed by atoms with E-state index >= 15 is 0 Å². The van der Waals surface area contributed by atoms with Crippen molar-refractivity contribution in [1.82, 2.24) is 10.9 Å². The second-order valence-electron chi connectivity index (χ2n) is 5.92. The molecule has 0 radical (unpaired) electrons. The number of para-hydroxylation sites is 2. The molecule has 0 aromatic heterocycles. The molecule has 0 heterocycles. The molecule has 0 fully saturated rings. The molecule has 8 nitrogen and oxygen atoms in total. The van der Waals surface area contributed by atoms with Crippen LogP contribution in [0.3, 0.4) is 0 Å². The molecule has 0 saturated heterocycles. The summed E-state index contributed by atoms with van der Waals surface area (Å²) in [4.78, 5) is 23.7. The zero-order valence-electron chi connectivity index (χ0n) is 15.6. The third-order valence-electron chi connectivity index (χ3n) is 3.75. The fourth-order valence-electron chi connectivity index (χ4n) is 2.21. The van der Waals surface area contributed by atoms with Crippen LogP contribution >= 0.6 is 0 Å². The first-order valence-corrected chi connectivity index (χ1v) is 10.1. The quantitative estimate of drug-likeness (QED) is 0.641. The number of amides is 2. The van der Waals surface area contributed by atoms with E-state index in [1.165, 1.54) is 19.2 Å². The molecular weight excluding hydrogens is 384 g/mol. The second kappa shape index (κ2) is 9.75. The van der Waals surface area contributed by atoms with E-state index in [1.807, 2.05) is 6.92 Å². The van der Waals surface area contributed by atoms with Crippen molar-refractivity contribution < 1.29 is 27.5 Å². The first-order valence-electron chi connectivity index (χ1n) is 8.45. The maximum absolute atomic E-state index is 12.2. The molecule has 2 rings (SSSR count). The minimum atomic E-state index is -3.58. The Labute approximate surface area is 163 Å². The lowest BCUT2D eigenvalue weighted by atomic mass is 10.2. The van der Waals surface area contributed by atoms with Crippen molar-refractivity contribution in [2.45, 2.75) is 18.2 Å². The molecule has 0 spiro atoms. The van der Waals surface area contributed by atoms with Crippen molar-refractivity contribution in [2.75, 3.05) is 19.5 Å². The molecule has 150 valence electrons. The fraction of sp³-hybridized carbons (Fsp3) is 0.263. The standard InChI is InChI=1S/C19H22N2O6S/c1-14-7-9-15(10-8-14)28(24,25)12-11-18(22)20-21-19(23)13-27-17-6-4-3-5-16(17)26-2/h3-10H,11-13H2,1-2H3,(H,20,22)(H,21,23). The van der Waals surface area contributed by atoms with Gasteiger partial charge < -0.3 is 9.47 Å². The zero-order chi connectivity index (χ0) is 20.6. The van der Waals surface area contributed by atoms with Crippen LogP contribution < -0.4 is 20.3 Å². The van der Waals surface area contributed by atoms with Crippen molar-refractivity contribution in [3.63, 3.8) is 0 Å². The minimum absolute atomic E-state index is 0.153. The van der Waals surface area contributed by atoms with E-state index in [9.17, 15) is 18.0 Å². The molecule has 0 aliphatic carbocycles. The van der Waals surface area contributed by atoms with Crippen molar-refractivity contribution in [2.24, 2.45) is 0 Å². The van der Waals surface area contributed by atoms with Crippen LogP contribution in [0.2, 0.25) is 0 Å². The molecule has 0 saturated carbocycles. The van der Waals surface area contributed by atoms with E-state index < -0.39 is 21.7 Å². The van der Waals surface area contributed by atoms with Gasteiger partial charge in [0.1, 0.15) is 0 Å². The molecule has 9 heteroatoms. The molecule has 0 atom stereocenters. The number of nitrogens with one attached hydrogen (secondary N) is 2. The molecule has 2 amide bonds. The Kier molecular flexibility index (Phi) is 7.39. The van der Waals surface area contributed by atoms with E-state index in [-0.39, 0.29) is 23.7 Å². The summed E-state index contributed by atoms with van der Waals surface area (Å²) in [5, 5.41) is 0. The zero-order valence-corrected chi connectivity index (χ0v) is 16.4. The number of sulfone groups is 1. The topological polar surface area (TPSA) is 111 Å². The van der Waals surface area contributed by atoms with Crippen LogP contribution in [0.15, 0.2) is 53.4 Å². The van der Waals surface area contributed by atoms with Crippen LogP contribution in [-0.2, 0) is 19.4 Å². The Morgan fingerprint density at radius 2 is 1.54 bits per heavy atom. The molecule has 2 N–H and O–H groups in total. The van der Waals surface area contributed by atoms with Gasteiger partial charge in [0.05, 0.1) is 17.8 Å². The number of methoxy groups -OCH3 is 1. The summed E-state index contributed by atoms with van der Waals surface area (Å²) in [6, 6.07) is 13.2. The summed E-state index contributed by atoms with van der Waals surface area (Å²) in [5.41, 5.74) is 5.28. The van der Waals surface area contributed by atoms with Gasteiger partial charge in [0.2, 0.25) is 5.91 Å². The number of carbonyl (C=O) groups is 2. The highest BCUT2D eigenvalue weighted by Gasteiger charge is 2.16. The molecule has 28 heavy (non-hydrogen) atoms. The fourth-order valence-corrected chi connectivity index (χ4v) is 3.45. The summed E-state index contributed by atoms with van der Waals surface area (Å²) < 4.78 is 34.8. The molecular formula is C19H22N2O6S. The van der Waals surface area contributed by atoms with Crippen LogP contribution in [0.25, 0.3) is 0 Å². The lowest BCUT2D eigenvalue weighted by Gasteiger charge is -2.11. The molecule has 0 unspecified atom stereocenters. The van der Waals surface area contributed by atoms with E-state index in [2.05, 4.69) is 10.9 Å². The van der Waals surface area contributed by atoms with Crippen LogP contribution in [0.5, 0.6) is 11.5 Å². The molecule has 0 bridgehead atoms. The van der Waals surface area contributed by atoms with Gasteiger partial charge >= 0.3 is 0 Å².